The number of likely N-dealkylation sites (tertiary alicyclic amines) is 1. The van der Waals surface area contributed by atoms with E-state index in [1.54, 1.807) is 4.90 Å². The summed E-state index contributed by atoms with van der Waals surface area (Å²) < 4.78 is 8.33. The topological polar surface area (TPSA) is 47.4 Å². The van der Waals surface area contributed by atoms with Crippen LogP contribution in [0.4, 0.5) is 4.79 Å². The van der Waals surface area contributed by atoms with E-state index in [1.165, 1.54) is 0 Å². The van der Waals surface area contributed by atoms with E-state index in [9.17, 15) is 4.79 Å². The predicted molar refractivity (Wildman–Crippen MR) is 84.3 cm³/mol. The maximum absolute atomic E-state index is 11.9. The Labute approximate surface area is 132 Å². The van der Waals surface area contributed by atoms with Gasteiger partial charge in [-0.3, -0.25) is 4.68 Å². The van der Waals surface area contributed by atoms with Gasteiger partial charge in [0.15, 0.2) is 0 Å². The lowest BCUT2D eigenvalue weighted by Gasteiger charge is -2.39. The van der Waals surface area contributed by atoms with Crippen molar-refractivity contribution in [1.82, 2.24) is 14.7 Å². The summed E-state index contributed by atoms with van der Waals surface area (Å²) in [4.78, 5) is 13.6. The third-order valence-electron chi connectivity index (χ3n) is 3.37. The molecule has 6 heteroatoms. The summed E-state index contributed by atoms with van der Waals surface area (Å²) in [7, 11) is 0. The fourth-order valence-electron chi connectivity index (χ4n) is 2.30. The average molecular weight is 352 g/mol. The normalized spacial score (nSPS) is 16.1. The Hall–Kier alpha value is -1.56. The van der Waals surface area contributed by atoms with Crippen molar-refractivity contribution in [3.8, 4) is 0 Å². The van der Waals surface area contributed by atoms with Gasteiger partial charge in [-0.15, -0.1) is 0 Å². The first-order valence-electron chi connectivity index (χ1n) is 6.94. The standard InChI is InChI=1S/C15H18BrN3O2/c1-15(2,3)21-14(20)18-8-12(9-18)19-7-10-6-11(16)4-5-13(10)17-19/h4-7,12H,8-9H2,1-3H3. The van der Waals surface area contributed by atoms with Crippen LogP contribution in [0.3, 0.4) is 0 Å². The minimum Gasteiger partial charge on any atom is -0.444 e. The van der Waals surface area contributed by atoms with Gasteiger partial charge in [0.1, 0.15) is 5.60 Å². The van der Waals surface area contributed by atoms with Gasteiger partial charge in [0.05, 0.1) is 11.6 Å². The molecule has 1 saturated heterocycles. The molecule has 1 aliphatic rings. The van der Waals surface area contributed by atoms with E-state index in [2.05, 4.69) is 21.0 Å². The number of halogens is 1. The average Bonchev–Trinajstić information content (AvgIpc) is 2.66. The van der Waals surface area contributed by atoms with Crippen molar-refractivity contribution < 1.29 is 9.53 Å². The molecule has 3 rings (SSSR count). The molecule has 0 saturated carbocycles. The molecule has 112 valence electrons. The molecule has 1 aromatic heterocycles. The van der Waals surface area contributed by atoms with Gasteiger partial charge in [-0.2, -0.15) is 5.10 Å². The number of rotatable bonds is 1. The zero-order valence-electron chi connectivity index (χ0n) is 12.3. The van der Waals surface area contributed by atoms with E-state index in [4.69, 9.17) is 4.74 Å². The summed E-state index contributed by atoms with van der Waals surface area (Å²) in [5.41, 5.74) is 0.517. The van der Waals surface area contributed by atoms with Crippen LogP contribution >= 0.6 is 15.9 Å². The first-order chi connectivity index (χ1) is 9.82. The quantitative estimate of drug-likeness (QED) is 0.788. The molecule has 1 aliphatic heterocycles. The summed E-state index contributed by atoms with van der Waals surface area (Å²) >= 11 is 3.46. The Morgan fingerprint density at radius 1 is 1.38 bits per heavy atom. The Morgan fingerprint density at radius 3 is 2.76 bits per heavy atom. The molecule has 0 radical (unpaired) electrons. The predicted octanol–water partition coefficient (Wildman–Crippen LogP) is 3.59. The van der Waals surface area contributed by atoms with Gasteiger partial charge in [0.25, 0.3) is 0 Å². The first kappa shape index (κ1) is 14.4. The maximum atomic E-state index is 11.9. The highest BCUT2D eigenvalue weighted by Crippen LogP contribution is 2.26. The number of hydrogen-bond acceptors (Lipinski definition) is 3. The number of ether oxygens (including phenoxy) is 1. The molecule has 0 atom stereocenters. The van der Waals surface area contributed by atoms with Crippen LogP contribution in [0.5, 0.6) is 0 Å². The Balaban J connectivity index is 1.66. The van der Waals surface area contributed by atoms with E-state index in [1.807, 2.05) is 49.8 Å². The summed E-state index contributed by atoms with van der Waals surface area (Å²) in [5, 5.41) is 5.66. The zero-order valence-corrected chi connectivity index (χ0v) is 13.9. The number of fused-ring (bicyclic) bond motifs is 1. The lowest BCUT2D eigenvalue weighted by atomic mass is 10.1. The van der Waals surface area contributed by atoms with Gasteiger partial charge in [-0.1, -0.05) is 15.9 Å². The lowest BCUT2D eigenvalue weighted by molar-refractivity contribution is -0.000292. The lowest BCUT2D eigenvalue weighted by Crippen LogP contribution is -2.52. The second kappa shape index (κ2) is 5.02. The van der Waals surface area contributed by atoms with Crippen LogP contribution in [-0.2, 0) is 4.74 Å². The molecule has 1 fully saturated rings. The third kappa shape index (κ3) is 3.05. The van der Waals surface area contributed by atoms with Crippen molar-refractivity contribution in [1.29, 1.82) is 0 Å². The smallest absolute Gasteiger partial charge is 0.410 e. The van der Waals surface area contributed by atoms with Crippen molar-refractivity contribution in [2.24, 2.45) is 0 Å². The van der Waals surface area contributed by atoms with Crippen molar-refractivity contribution in [3.05, 3.63) is 28.9 Å². The molecule has 1 aromatic carbocycles. The van der Waals surface area contributed by atoms with Gasteiger partial charge >= 0.3 is 6.09 Å². The zero-order chi connectivity index (χ0) is 15.2. The molecule has 21 heavy (non-hydrogen) atoms. The highest BCUT2D eigenvalue weighted by Gasteiger charge is 2.35. The third-order valence-corrected chi connectivity index (χ3v) is 3.87. The number of hydrogen-bond donors (Lipinski definition) is 0. The second-order valence-electron chi connectivity index (χ2n) is 6.35. The molecule has 2 aromatic rings. The Morgan fingerprint density at radius 2 is 2.10 bits per heavy atom. The van der Waals surface area contributed by atoms with Gasteiger partial charge < -0.3 is 9.64 Å². The van der Waals surface area contributed by atoms with E-state index in [0.29, 0.717) is 13.1 Å². The summed E-state index contributed by atoms with van der Waals surface area (Å²) in [5.74, 6) is 0. The van der Waals surface area contributed by atoms with Gasteiger partial charge in [0.2, 0.25) is 0 Å². The summed E-state index contributed by atoms with van der Waals surface area (Å²) in [6, 6.07) is 6.24. The fourth-order valence-corrected chi connectivity index (χ4v) is 2.68. The molecule has 0 unspecified atom stereocenters. The number of carbonyl (C=O) groups excluding carboxylic acids is 1. The highest BCUT2D eigenvalue weighted by atomic mass is 79.9. The molecule has 5 nitrogen and oxygen atoms in total. The largest absolute Gasteiger partial charge is 0.444 e. The Bertz CT molecular complexity index is 684. The van der Waals surface area contributed by atoms with Crippen LogP contribution in [-0.4, -0.2) is 39.5 Å². The minimum absolute atomic E-state index is 0.226. The number of amides is 1. The van der Waals surface area contributed by atoms with E-state index >= 15 is 0 Å². The van der Waals surface area contributed by atoms with Crippen LogP contribution in [0, 0.1) is 0 Å². The molecule has 1 amide bonds. The fraction of sp³-hybridized carbons (Fsp3) is 0.467. The number of carbonyl (C=O) groups is 1. The van der Waals surface area contributed by atoms with Gasteiger partial charge in [-0.25, -0.2) is 4.79 Å². The molecule has 0 N–H and O–H groups in total. The number of nitrogens with zero attached hydrogens (tertiary/aromatic N) is 3. The van der Waals surface area contributed by atoms with E-state index < -0.39 is 5.60 Å². The van der Waals surface area contributed by atoms with Crippen LogP contribution in [0.15, 0.2) is 28.9 Å². The molecular formula is C15H18BrN3O2. The molecular weight excluding hydrogens is 334 g/mol. The van der Waals surface area contributed by atoms with Crippen molar-refractivity contribution in [2.45, 2.75) is 32.4 Å². The molecule has 0 spiro atoms. The van der Waals surface area contributed by atoms with E-state index in [0.717, 1.165) is 15.4 Å². The van der Waals surface area contributed by atoms with Crippen molar-refractivity contribution in [2.75, 3.05) is 13.1 Å². The van der Waals surface area contributed by atoms with Crippen LogP contribution < -0.4 is 0 Å². The number of aromatic nitrogens is 2. The molecule has 0 bridgehead atoms. The van der Waals surface area contributed by atoms with E-state index in [-0.39, 0.29) is 12.1 Å². The van der Waals surface area contributed by atoms with Crippen LogP contribution in [0.1, 0.15) is 26.8 Å². The minimum atomic E-state index is -0.450. The van der Waals surface area contributed by atoms with Crippen molar-refractivity contribution >= 4 is 32.9 Å². The van der Waals surface area contributed by atoms with Crippen LogP contribution in [0.25, 0.3) is 10.9 Å². The number of benzene rings is 1. The molecule has 0 aliphatic carbocycles. The first-order valence-corrected chi connectivity index (χ1v) is 7.73. The highest BCUT2D eigenvalue weighted by molar-refractivity contribution is 9.10. The maximum Gasteiger partial charge on any atom is 0.410 e. The molecule has 2 heterocycles. The summed E-state index contributed by atoms with van der Waals surface area (Å²) in [6.07, 6.45) is 1.77. The SMILES string of the molecule is CC(C)(C)OC(=O)N1CC(n2cc3cc(Br)ccc3n2)C1. The van der Waals surface area contributed by atoms with Gasteiger partial charge in [0, 0.05) is 29.1 Å². The second-order valence-corrected chi connectivity index (χ2v) is 7.27. The monoisotopic (exact) mass is 351 g/mol. The summed E-state index contributed by atoms with van der Waals surface area (Å²) in [6.45, 7) is 6.91. The van der Waals surface area contributed by atoms with Crippen molar-refractivity contribution in [3.63, 3.8) is 0 Å². The van der Waals surface area contributed by atoms with Gasteiger partial charge in [-0.05, 0) is 39.0 Å². The van der Waals surface area contributed by atoms with Crippen LogP contribution in [0.2, 0.25) is 0 Å². The Kier molecular flexibility index (Phi) is 3.43.